The first-order valence-electron chi connectivity index (χ1n) is 3.51. The summed E-state index contributed by atoms with van der Waals surface area (Å²) < 4.78 is 6.08. The van der Waals surface area contributed by atoms with Gasteiger partial charge in [-0.1, -0.05) is 0 Å². The molecule has 0 unspecified atom stereocenters. The topological polar surface area (TPSA) is 22.1 Å². The van der Waals surface area contributed by atoms with Crippen molar-refractivity contribution in [3.63, 3.8) is 0 Å². The van der Waals surface area contributed by atoms with Gasteiger partial charge in [-0.25, -0.2) is 4.98 Å². The molecule has 1 aromatic heterocycles. The fraction of sp³-hybridized carbons (Fsp3) is 0.375. The van der Waals surface area contributed by atoms with Crippen LogP contribution in [0.4, 0.5) is 0 Å². The van der Waals surface area contributed by atoms with Gasteiger partial charge in [0.05, 0.1) is 6.61 Å². The predicted molar refractivity (Wildman–Crippen MR) is 47.3 cm³/mol. The third-order valence-corrected chi connectivity index (χ3v) is 1.70. The Kier molecular flexibility index (Phi) is 3.52. The number of halogens is 1. The second kappa shape index (κ2) is 4.46. The summed E-state index contributed by atoms with van der Waals surface area (Å²) in [5.41, 5.74) is 1.15. The number of pyridine rings is 1. The van der Waals surface area contributed by atoms with Crippen LogP contribution in [0, 0.1) is 0 Å². The van der Waals surface area contributed by atoms with Crippen molar-refractivity contribution in [2.45, 2.75) is 13.5 Å². The average molecular weight is 216 g/mol. The molecule has 0 aliphatic heterocycles. The standard InChI is InChI=1S/C8H10BrNO/c1-2-11-6-7-3-4-10-8(9)5-7/h3-5H,2,6H2,1H3. The lowest BCUT2D eigenvalue weighted by Crippen LogP contribution is -1.91. The van der Waals surface area contributed by atoms with Crippen molar-refractivity contribution in [1.29, 1.82) is 0 Å². The van der Waals surface area contributed by atoms with Gasteiger partial charge in [0.15, 0.2) is 0 Å². The third kappa shape index (κ3) is 2.99. The smallest absolute Gasteiger partial charge is 0.106 e. The summed E-state index contributed by atoms with van der Waals surface area (Å²) in [5.74, 6) is 0. The minimum Gasteiger partial charge on any atom is -0.377 e. The molecule has 1 aromatic rings. The maximum Gasteiger partial charge on any atom is 0.106 e. The maximum atomic E-state index is 5.23. The van der Waals surface area contributed by atoms with Gasteiger partial charge in [-0.15, -0.1) is 0 Å². The zero-order valence-electron chi connectivity index (χ0n) is 6.38. The van der Waals surface area contributed by atoms with E-state index in [1.165, 1.54) is 0 Å². The summed E-state index contributed by atoms with van der Waals surface area (Å²) in [7, 11) is 0. The molecule has 0 aromatic carbocycles. The van der Waals surface area contributed by atoms with Crippen LogP contribution in [0.5, 0.6) is 0 Å². The molecule has 1 rings (SSSR count). The van der Waals surface area contributed by atoms with E-state index in [2.05, 4.69) is 20.9 Å². The number of ether oxygens (including phenoxy) is 1. The van der Waals surface area contributed by atoms with Gasteiger partial charge in [0.1, 0.15) is 4.60 Å². The number of hydrogen-bond donors (Lipinski definition) is 0. The molecule has 0 fully saturated rings. The zero-order valence-corrected chi connectivity index (χ0v) is 7.97. The number of aromatic nitrogens is 1. The second-order valence-corrected chi connectivity index (χ2v) is 2.94. The van der Waals surface area contributed by atoms with E-state index < -0.39 is 0 Å². The first-order valence-corrected chi connectivity index (χ1v) is 4.30. The minimum atomic E-state index is 0.664. The van der Waals surface area contributed by atoms with E-state index >= 15 is 0 Å². The Hall–Kier alpha value is -0.410. The van der Waals surface area contributed by atoms with Crippen LogP contribution in [0.2, 0.25) is 0 Å². The molecule has 0 radical (unpaired) electrons. The van der Waals surface area contributed by atoms with Gasteiger partial charge in [0.25, 0.3) is 0 Å². The molecule has 0 amide bonds. The Morgan fingerprint density at radius 3 is 3.09 bits per heavy atom. The minimum absolute atomic E-state index is 0.664. The van der Waals surface area contributed by atoms with Crippen molar-refractivity contribution in [3.8, 4) is 0 Å². The highest BCUT2D eigenvalue weighted by atomic mass is 79.9. The highest BCUT2D eigenvalue weighted by Crippen LogP contribution is 2.08. The molecule has 0 saturated heterocycles. The summed E-state index contributed by atoms with van der Waals surface area (Å²) in [4.78, 5) is 4.01. The molecule has 3 heteroatoms. The zero-order chi connectivity index (χ0) is 8.10. The van der Waals surface area contributed by atoms with Gasteiger partial charge < -0.3 is 4.74 Å². The molecular formula is C8H10BrNO. The van der Waals surface area contributed by atoms with Gasteiger partial charge in [-0.3, -0.25) is 0 Å². The van der Waals surface area contributed by atoms with Crippen LogP contribution in [0.25, 0.3) is 0 Å². The van der Waals surface area contributed by atoms with Gasteiger partial charge in [-0.2, -0.15) is 0 Å². The molecule has 1 heterocycles. The van der Waals surface area contributed by atoms with E-state index in [1.807, 2.05) is 19.1 Å². The second-order valence-electron chi connectivity index (χ2n) is 2.12. The van der Waals surface area contributed by atoms with Crippen LogP contribution in [-0.2, 0) is 11.3 Å². The largest absolute Gasteiger partial charge is 0.377 e. The van der Waals surface area contributed by atoms with Crippen LogP contribution in [0.1, 0.15) is 12.5 Å². The number of rotatable bonds is 3. The van der Waals surface area contributed by atoms with Crippen molar-refractivity contribution in [2.75, 3.05) is 6.61 Å². The van der Waals surface area contributed by atoms with Crippen LogP contribution in [0.3, 0.4) is 0 Å². The van der Waals surface area contributed by atoms with Crippen molar-refractivity contribution >= 4 is 15.9 Å². The molecular weight excluding hydrogens is 206 g/mol. The molecule has 0 bridgehead atoms. The van der Waals surface area contributed by atoms with Crippen molar-refractivity contribution < 1.29 is 4.74 Å². The SMILES string of the molecule is CCOCc1ccnc(Br)c1. The Bertz CT molecular complexity index is 227. The van der Waals surface area contributed by atoms with E-state index in [0.29, 0.717) is 6.61 Å². The highest BCUT2D eigenvalue weighted by molar-refractivity contribution is 9.10. The lowest BCUT2D eigenvalue weighted by molar-refractivity contribution is 0.134. The monoisotopic (exact) mass is 215 g/mol. The fourth-order valence-electron chi connectivity index (χ4n) is 0.752. The summed E-state index contributed by atoms with van der Waals surface area (Å²) in [6.45, 7) is 3.40. The van der Waals surface area contributed by atoms with Gasteiger partial charge in [0.2, 0.25) is 0 Å². The summed E-state index contributed by atoms with van der Waals surface area (Å²) in [5, 5.41) is 0. The summed E-state index contributed by atoms with van der Waals surface area (Å²) in [6, 6.07) is 3.90. The molecule has 0 aliphatic rings. The van der Waals surface area contributed by atoms with Crippen LogP contribution in [0.15, 0.2) is 22.9 Å². The summed E-state index contributed by atoms with van der Waals surface area (Å²) in [6.07, 6.45) is 1.76. The number of nitrogens with zero attached hydrogens (tertiary/aromatic N) is 1. The van der Waals surface area contributed by atoms with E-state index in [4.69, 9.17) is 4.74 Å². The fourth-order valence-corrected chi connectivity index (χ4v) is 1.16. The highest BCUT2D eigenvalue weighted by Gasteiger charge is 1.92. The van der Waals surface area contributed by atoms with E-state index in [9.17, 15) is 0 Å². The van der Waals surface area contributed by atoms with E-state index in [0.717, 1.165) is 16.8 Å². The quantitative estimate of drug-likeness (QED) is 0.723. The average Bonchev–Trinajstić information content (AvgIpc) is 2.01. The normalized spacial score (nSPS) is 10.0. The predicted octanol–water partition coefficient (Wildman–Crippen LogP) is 2.38. The van der Waals surface area contributed by atoms with Gasteiger partial charge in [0, 0.05) is 12.8 Å². The maximum absolute atomic E-state index is 5.23. The van der Waals surface area contributed by atoms with Crippen molar-refractivity contribution in [2.24, 2.45) is 0 Å². The lowest BCUT2D eigenvalue weighted by atomic mass is 10.3. The van der Waals surface area contributed by atoms with Crippen molar-refractivity contribution in [1.82, 2.24) is 4.98 Å². The van der Waals surface area contributed by atoms with Crippen LogP contribution >= 0.6 is 15.9 Å². The molecule has 0 spiro atoms. The molecule has 0 saturated carbocycles. The first-order chi connectivity index (χ1) is 5.33. The van der Waals surface area contributed by atoms with Gasteiger partial charge in [-0.05, 0) is 40.5 Å². The van der Waals surface area contributed by atoms with Crippen molar-refractivity contribution in [3.05, 3.63) is 28.5 Å². The van der Waals surface area contributed by atoms with E-state index in [-0.39, 0.29) is 0 Å². The Labute approximate surface area is 74.7 Å². The Morgan fingerprint density at radius 2 is 2.45 bits per heavy atom. The van der Waals surface area contributed by atoms with Crippen LogP contribution in [-0.4, -0.2) is 11.6 Å². The van der Waals surface area contributed by atoms with Crippen LogP contribution < -0.4 is 0 Å². The lowest BCUT2D eigenvalue weighted by Gasteiger charge is -2.00. The molecule has 0 atom stereocenters. The van der Waals surface area contributed by atoms with E-state index in [1.54, 1.807) is 6.20 Å². The number of hydrogen-bond acceptors (Lipinski definition) is 2. The van der Waals surface area contributed by atoms with Gasteiger partial charge >= 0.3 is 0 Å². The summed E-state index contributed by atoms with van der Waals surface area (Å²) >= 11 is 3.29. The Balaban J connectivity index is 2.56. The molecule has 0 aliphatic carbocycles. The third-order valence-electron chi connectivity index (χ3n) is 1.26. The first kappa shape index (κ1) is 8.68. The molecule has 0 N–H and O–H groups in total. The molecule has 2 nitrogen and oxygen atoms in total. The molecule has 60 valence electrons. The Morgan fingerprint density at radius 1 is 1.64 bits per heavy atom. The molecule has 11 heavy (non-hydrogen) atoms.